The number of benzene rings is 2. The zero-order chi connectivity index (χ0) is 20.2. The Hall–Kier alpha value is -2.25. The van der Waals surface area contributed by atoms with Crippen molar-refractivity contribution in [3.05, 3.63) is 50.5 Å². The zero-order valence-corrected chi connectivity index (χ0v) is 15.9. The number of ether oxygens (including phenoxy) is 2. The minimum Gasteiger partial charge on any atom is -0.494 e. The first-order valence-electron chi connectivity index (χ1n) is 7.10. The summed E-state index contributed by atoms with van der Waals surface area (Å²) in [5, 5.41) is 8.85. The Morgan fingerprint density at radius 1 is 1.00 bits per heavy atom. The van der Waals surface area contributed by atoms with Gasteiger partial charge >= 0.3 is 5.97 Å². The van der Waals surface area contributed by atoms with E-state index in [0.717, 1.165) is 0 Å². The van der Waals surface area contributed by atoms with Crippen LogP contribution < -0.4 is 15.2 Å². The molecule has 0 radical (unpaired) electrons. The topological polar surface area (TPSA) is 81.8 Å². The number of hydrogen-bond donors (Lipinski definition) is 2. The lowest BCUT2D eigenvalue weighted by atomic mass is 10.1. The molecule has 0 aromatic heterocycles. The van der Waals surface area contributed by atoms with Gasteiger partial charge in [0.25, 0.3) is 0 Å². The van der Waals surface area contributed by atoms with Gasteiger partial charge in [-0.2, -0.15) is 0 Å². The van der Waals surface area contributed by atoms with Crippen LogP contribution in [0.15, 0.2) is 12.1 Å². The van der Waals surface area contributed by atoms with Crippen LogP contribution in [0, 0.1) is 25.5 Å². The second kappa shape index (κ2) is 8.91. The molecule has 0 atom stereocenters. The molecule has 0 aliphatic rings. The van der Waals surface area contributed by atoms with E-state index in [0.29, 0.717) is 11.1 Å². The number of aryl methyl sites for hydroxylation is 2. The van der Waals surface area contributed by atoms with E-state index in [9.17, 15) is 13.6 Å². The first kappa shape index (κ1) is 21.8. The van der Waals surface area contributed by atoms with Gasteiger partial charge in [-0.05, 0) is 37.1 Å². The highest BCUT2D eigenvalue weighted by Gasteiger charge is 2.21. The molecule has 9 heteroatoms. The van der Waals surface area contributed by atoms with E-state index >= 15 is 0 Å². The van der Waals surface area contributed by atoms with Crippen LogP contribution in [0.1, 0.15) is 21.5 Å². The van der Waals surface area contributed by atoms with Crippen molar-refractivity contribution in [1.82, 2.24) is 0 Å². The molecule has 0 heterocycles. The number of nitrogens with two attached hydrogens (primary N) is 1. The Labute approximate surface area is 159 Å². The van der Waals surface area contributed by atoms with Gasteiger partial charge in [-0.3, -0.25) is 0 Å². The van der Waals surface area contributed by atoms with Crippen molar-refractivity contribution >= 4 is 34.9 Å². The molecule has 2 rings (SSSR count). The molecule has 0 saturated carbocycles. The van der Waals surface area contributed by atoms with Crippen LogP contribution in [0.3, 0.4) is 0 Å². The molecule has 0 bridgehead atoms. The Balaban J connectivity index is 0.000000263. The third-order valence-electron chi connectivity index (χ3n) is 3.39. The van der Waals surface area contributed by atoms with Crippen LogP contribution in [0.25, 0.3) is 0 Å². The Bertz CT molecular complexity index is 844. The van der Waals surface area contributed by atoms with Gasteiger partial charge in [0.2, 0.25) is 0 Å². The van der Waals surface area contributed by atoms with E-state index in [4.69, 9.17) is 38.8 Å². The summed E-state index contributed by atoms with van der Waals surface area (Å²) in [6.45, 7) is 3.32. The van der Waals surface area contributed by atoms with Crippen molar-refractivity contribution < 1.29 is 28.2 Å². The predicted molar refractivity (Wildman–Crippen MR) is 96.8 cm³/mol. The minimum absolute atomic E-state index is 0.0616. The maximum Gasteiger partial charge on any atom is 0.340 e. The second-order valence-electron chi connectivity index (χ2n) is 5.14. The van der Waals surface area contributed by atoms with E-state index < -0.39 is 23.2 Å². The van der Waals surface area contributed by atoms with Gasteiger partial charge in [0.1, 0.15) is 5.56 Å². The highest BCUT2D eigenvalue weighted by atomic mass is 35.5. The van der Waals surface area contributed by atoms with Crippen LogP contribution in [0.4, 0.5) is 14.5 Å². The fourth-order valence-electron chi connectivity index (χ4n) is 1.99. The molecule has 5 nitrogen and oxygen atoms in total. The van der Waals surface area contributed by atoms with E-state index in [-0.39, 0.29) is 27.2 Å². The number of carboxylic acids is 1. The highest BCUT2D eigenvalue weighted by molar-refractivity contribution is 6.34. The summed E-state index contributed by atoms with van der Waals surface area (Å²) in [5.41, 5.74) is 5.92. The van der Waals surface area contributed by atoms with Gasteiger partial charge in [0.15, 0.2) is 23.1 Å². The number of halogens is 4. The molecule has 0 amide bonds. The SMILES string of the molecule is COc1cc(C)c(Cl)c(C(=O)O)c1F.COc1cc(C)c(Cl)c(N)c1F. The first-order chi connectivity index (χ1) is 12.1. The van der Waals surface area contributed by atoms with Gasteiger partial charge in [-0.25, -0.2) is 13.6 Å². The summed E-state index contributed by atoms with van der Waals surface area (Å²) in [6, 6.07) is 2.86. The summed E-state index contributed by atoms with van der Waals surface area (Å²) in [7, 11) is 2.64. The lowest BCUT2D eigenvalue weighted by molar-refractivity contribution is 0.0691. The molecule has 2 aromatic rings. The van der Waals surface area contributed by atoms with Crippen LogP contribution >= 0.6 is 23.2 Å². The van der Waals surface area contributed by atoms with Crippen LogP contribution in [-0.4, -0.2) is 25.3 Å². The van der Waals surface area contributed by atoms with Gasteiger partial charge in [0, 0.05) is 0 Å². The maximum atomic E-state index is 13.4. The zero-order valence-electron chi connectivity index (χ0n) is 14.4. The first-order valence-corrected chi connectivity index (χ1v) is 7.86. The molecular formula is C17H17Cl2F2NO4. The van der Waals surface area contributed by atoms with Crippen LogP contribution in [0.5, 0.6) is 11.5 Å². The Morgan fingerprint density at radius 2 is 1.42 bits per heavy atom. The molecule has 0 unspecified atom stereocenters. The lowest BCUT2D eigenvalue weighted by Gasteiger charge is -2.08. The normalized spacial score (nSPS) is 10.0. The molecule has 0 saturated heterocycles. The third-order valence-corrected chi connectivity index (χ3v) is 4.37. The van der Waals surface area contributed by atoms with Crippen molar-refractivity contribution in [2.24, 2.45) is 0 Å². The van der Waals surface area contributed by atoms with Gasteiger partial charge in [-0.15, -0.1) is 0 Å². The molecule has 2 aromatic carbocycles. The van der Waals surface area contributed by atoms with E-state index in [1.54, 1.807) is 13.8 Å². The summed E-state index contributed by atoms with van der Waals surface area (Å²) in [4.78, 5) is 10.7. The van der Waals surface area contributed by atoms with E-state index in [1.165, 1.54) is 26.4 Å². The summed E-state index contributed by atoms with van der Waals surface area (Å²) in [6.07, 6.45) is 0. The van der Waals surface area contributed by atoms with Crippen molar-refractivity contribution in [3.63, 3.8) is 0 Å². The Kier molecular flexibility index (Phi) is 7.47. The number of methoxy groups -OCH3 is 2. The van der Waals surface area contributed by atoms with Crippen molar-refractivity contribution in [2.75, 3.05) is 20.0 Å². The standard InChI is InChI=1S/C9H8ClFO3.C8H9ClFNO/c1-4-3-5(14-2)8(11)6(7(4)10)9(12)13;1-4-3-5(12-2)7(10)8(11)6(4)9/h3H,1-2H3,(H,12,13);3H,11H2,1-2H3. The number of nitrogen functional groups attached to an aromatic ring is 1. The molecule has 0 spiro atoms. The van der Waals surface area contributed by atoms with Gasteiger partial charge in [-0.1, -0.05) is 23.2 Å². The maximum absolute atomic E-state index is 13.4. The molecule has 3 N–H and O–H groups in total. The second-order valence-corrected chi connectivity index (χ2v) is 5.90. The third kappa shape index (κ3) is 4.47. The monoisotopic (exact) mass is 407 g/mol. The smallest absolute Gasteiger partial charge is 0.340 e. The quantitative estimate of drug-likeness (QED) is 0.708. The molecule has 0 aliphatic carbocycles. The van der Waals surface area contributed by atoms with Crippen molar-refractivity contribution in [1.29, 1.82) is 0 Å². The highest BCUT2D eigenvalue weighted by Crippen LogP contribution is 2.32. The summed E-state index contributed by atoms with van der Waals surface area (Å²) >= 11 is 11.3. The number of carbonyl (C=O) groups is 1. The fraction of sp³-hybridized carbons (Fsp3) is 0.235. The molecule has 0 aliphatic heterocycles. The number of hydrogen-bond acceptors (Lipinski definition) is 4. The van der Waals surface area contributed by atoms with Crippen molar-refractivity contribution in [3.8, 4) is 11.5 Å². The van der Waals surface area contributed by atoms with E-state index in [2.05, 4.69) is 4.74 Å². The van der Waals surface area contributed by atoms with Gasteiger partial charge < -0.3 is 20.3 Å². The molecule has 0 fully saturated rings. The molecular weight excluding hydrogens is 391 g/mol. The van der Waals surface area contributed by atoms with Crippen molar-refractivity contribution in [2.45, 2.75) is 13.8 Å². The van der Waals surface area contributed by atoms with E-state index in [1.807, 2.05) is 0 Å². The average molecular weight is 408 g/mol. The molecule has 26 heavy (non-hydrogen) atoms. The number of aromatic carboxylic acids is 1. The number of rotatable bonds is 3. The summed E-state index contributed by atoms with van der Waals surface area (Å²) in [5.74, 6) is -2.96. The minimum atomic E-state index is -1.41. The number of carboxylic acid groups (broad SMARTS) is 1. The number of anilines is 1. The van der Waals surface area contributed by atoms with Gasteiger partial charge in [0.05, 0.1) is 30.0 Å². The summed E-state index contributed by atoms with van der Waals surface area (Å²) < 4.78 is 35.9. The fourth-order valence-corrected chi connectivity index (χ4v) is 2.35. The van der Waals surface area contributed by atoms with Crippen LogP contribution in [-0.2, 0) is 0 Å². The molecule has 142 valence electrons. The van der Waals surface area contributed by atoms with Crippen LogP contribution in [0.2, 0.25) is 10.0 Å². The lowest BCUT2D eigenvalue weighted by Crippen LogP contribution is -2.05. The Morgan fingerprint density at radius 3 is 1.85 bits per heavy atom. The largest absolute Gasteiger partial charge is 0.494 e. The predicted octanol–water partition coefficient (Wildman–Crippen LogP) is 4.87. The average Bonchev–Trinajstić information content (AvgIpc) is 2.59.